The molecule has 152 valence electrons. The first-order chi connectivity index (χ1) is 13.9. The van der Waals surface area contributed by atoms with Crippen LogP contribution in [-0.4, -0.2) is 27.9 Å². The Morgan fingerprint density at radius 2 is 1.93 bits per heavy atom. The molecule has 0 amide bonds. The highest BCUT2D eigenvalue weighted by Crippen LogP contribution is 2.32. The average molecular weight is 397 g/mol. The zero-order valence-corrected chi connectivity index (χ0v) is 16.3. The number of benzene rings is 1. The Morgan fingerprint density at radius 1 is 1.21 bits per heavy atom. The minimum absolute atomic E-state index is 0.0988. The van der Waals surface area contributed by atoms with Crippen LogP contribution < -0.4 is 5.56 Å². The van der Waals surface area contributed by atoms with Crippen molar-refractivity contribution in [3.8, 4) is 11.5 Å². The van der Waals surface area contributed by atoms with Crippen molar-refractivity contribution in [2.45, 2.75) is 32.2 Å². The fourth-order valence-corrected chi connectivity index (χ4v) is 3.36. The van der Waals surface area contributed by atoms with Crippen molar-refractivity contribution in [3.63, 3.8) is 0 Å². The molecule has 0 saturated heterocycles. The second-order valence-electron chi connectivity index (χ2n) is 6.81. The summed E-state index contributed by atoms with van der Waals surface area (Å²) in [5, 5.41) is 19.9. The quantitative estimate of drug-likeness (QED) is 0.594. The molecular formula is C22H23NO6. The van der Waals surface area contributed by atoms with Crippen LogP contribution in [0.3, 0.4) is 0 Å². The molecule has 7 heteroatoms. The molecule has 0 fully saturated rings. The summed E-state index contributed by atoms with van der Waals surface area (Å²) in [4.78, 5) is 25.2. The van der Waals surface area contributed by atoms with E-state index in [1.54, 1.807) is 47.9 Å². The molecule has 0 spiro atoms. The summed E-state index contributed by atoms with van der Waals surface area (Å²) in [5.41, 5.74) is 1.28. The smallest absolute Gasteiger partial charge is 0.306 e. The lowest BCUT2D eigenvalue weighted by Crippen LogP contribution is -2.29. The molecule has 2 aromatic heterocycles. The maximum Gasteiger partial charge on any atom is 0.306 e. The second-order valence-corrected chi connectivity index (χ2v) is 6.81. The zero-order valence-electron chi connectivity index (χ0n) is 16.3. The third kappa shape index (κ3) is 4.51. The Labute approximate surface area is 167 Å². The largest absolute Gasteiger partial charge is 0.508 e. The lowest BCUT2D eigenvalue weighted by molar-refractivity contribution is -0.140. The van der Waals surface area contributed by atoms with Crippen LogP contribution in [0.2, 0.25) is 0 Å². The second kappa shape index (κ2) is 8.68. The van der Waals surface area contributed by atoms with Gasteiger partial charge in [-0.25, -0.2) is 0 Å². The third-order valence-electron chi connectivity index (χ3n) is 4.92. The fraction of sp³-hybridized carbons (Fsp3) is 0.273. The van der Waals surface area contributed by atoms with Crippen molar-refractivity contribution in [2.75, 3.05) is 7.11 Å². The first kappa shape index (κ1) is 20.3. The molecule has 0 aliphatic rings. The molecule has 1 aromatic carbocycles. The van der Waals surface area contributed by atoms with Crippen LogP contribution in [0.5, 0.6) is 11.5 Å². The molecule has 0 aliphatic heterocycles. The lowest BCUT2D eigenvalue weighted by Gasteiger charge is -2.18. The number of phenols is 1. The molecule has 3 aromatic rings. The SMILES string of the molecule is COC(=O)CC(c1ccco1)c1c(O)cc(C)n(CCc2ccc(O)cc2)c1=O. The van der Waals surface area contributed by atoms with Gasteiger partial charge in [0, 0.05) is 12.2 Å². The minimum Gasteiger partial charge on any atom is -0.508 e. The normalized spacial score (nSPS) is 11.9. The van der Waals surface area contributed by atoms with Crippen LogP contribution in [0.15, 0.2) is 57.9 Å². The van der Waals surface area contributed by atoms with Gasteiger partial charge in [-0.05, 0) is 49.2 Å². The number of carbonyl (C=O) groups is 1. The fourth-order valence-electron chi connectivity index (χ4n) is 3.36. The van der Waals surface area contributed by atoms with E-state index in [0.717, 1.165) is 5.56 Å². The molecule has 2 heterocycles. The molecule has 3 rings (SSSR count). The van der Waals surface area contributed by atoms with Gasteiger partial charge in [0.1, 0.15) is 17.3 Å². The predicted octanol–water partition coefficient (Wildman–Crippen LogP) is 3.10. The van der Waals surface area contributed by atoms with Crippen LogP contribution >= 0.6 is 0 Å². The summed E-state index contributed by atoms with van der Waals surface area (Å²) in [7, 11) is 1.27. The highest BCUT2D eigenvalue weighted by atomic mass is 16.5. The molecule has 1 unspecified atom stereocenters. The number of esters is 1. The lowest BCUT2D eigenvalue weighted by atomic mass is 9.93. The number of aromatic nitrogens is 1. The van der Waals surface area contributed by atoms with Gasteiger partial charge in [0.2, 0.25) is 0 Å². The number of rotatable bonds is 7. The molecule has 1 atom stereocenters. The summed E-state index contributed by atoms with van der Waals surface area (Å²) < 4.78 is 11.7. The van der Waals surface area contributed by atoms with Gasteiger partial charge in [-0.1, -0.05) is 12.1 Å². The van der Waals surface area contributed by atoms with E-state index in [9.17, 15) is 19.8 Å². The van der Waals surface area contributed by atoms with Gasteiger partial charge in [-0.3, -0.25) is 9.59 Å². The van der Waals surface area contributed by atoms with Crippen LogP contribution in [-0.2, 0) is 22.5 Å². The molecule has 0 bridgehead atoms. The third-order valence-corrected chi connectivity index (χ3v) is 4.92. The highest BCUT2D eigenvalue weighted by molar-refractivity contribution is 5.71. The van der Waals surface area contributed by atoms with Crippen molar-refractivity contribution in [1.29, 1.82) is 0 Å². The number of nitrogens with zero attached hydrogens (tertiary/aromatic N) is 1. The predicted molar refractivity (Wildman–Crippen MR) is 106 cm³/mol. The number of furan rings is 1. The summed E-state index contributed by atoms with van der Waals surface area (Å²) >= 11 is 0. The first-order valence-electron chi connectivity index (χ1n) is 9.22. The summed E-state index contributed by atoms with van der Waals surface area (Å²) in [6.45, 7) is 2.12. The maximum absolute atomic E-state index is 13.3. The topological polar surface area (TPSA) is 102 Å². The van der Waals surface area contributed by atoms with E-state index < -0.39 is 11.9 Å². The Balaban J connectivity index is 1.99. The summed E-state index contributed by atoms with van der Waals surface area (Å²) in [6, 6.07) is 11.6. The van der Waals surface area contributed by atoms with Crippen molar-refractivity contribution < 1.29 is 24.2 Å². The highest BCUT2D eigenvalue weighted by Gasteiger charge is 2.28. The number of pyridine rings is 1. The van der Waals surface area contributed by atoms with Crippen molar-refractivity contribution in [3.05, 3.63) is 81.7 Å². The zero-order chi connectivity index (χ0) is 21.0. The summed E-state index contributed by atoms with van der Waals surface area (Å²) in [5.74, 6) is -0.875. The van der Waals surface area contributed by atoms with E-state index >= 15 is 0 Å². The minimum atomic E-state index is -0.759. The van der Waals surface area contributed by atoms with E-state index in [2.05, 4.69) is 0 Å². The van der Waals surface area contributed by atoms with E-state index in [4.69, 9.17) is 9.15 Å². The van der Waals surface area contributed by atoms with Gasteiger partial charge >= 0.3 is 5.97 Å². The summed E-state index contributed by atoms with van der Waals surface area (Å²) in [6.07, 6.45) is 1.88. The van der Waals surface area contributed by atoms with Crippen molar-refractivity contribution in [2.24, 2.45) is 0 Å². The number of hydrogen-bond acceptors (Lipinski definition) is 6. The van der Waals surface area contributed by atoms with Gasteiger partial charge in [0.25, 0.3) is 5.56 Å². The van der Waals surface area contributed by atoms with E-state index in [1.807, 2.05) is 0 Å². The molecule has 0 aliphatic carbocycles. The standard InChI is InChI=1S/C22H23NO6/c1-14-12-18(25)21(17(13-20(26)28-2)19-4-3-11-29-19)22(27)23(14)10-9-15-5-7-16(24)8-6-15/h3-8,11-12,17,24-25H,9-10,13H2,1-2H3. The molecule has 0 radical (unpaired) electrons. The first-order valence-corrected chi connectivity index (χ1v) is 9.22. The average Bonchev–Trinajstić information content (AvgIpc) is 3.22. The number of ether oxygens (including phenoxy) is 1. The van der Waals surface area contributed by atoms with Gasteiger partial charge in [0.05, 0.1) is 31.3 Å². The van der Waals surface area contributed by atoms with Crippen molar-refractivity contribution >= 4 is 5.97 Å². The Morgan fingerprint density at radius 3 is 2.55 bits per heavy atom. The number of aryl methyl sites for hydroxylation is 2. The van der Waals surface area contributed by atoms with Crippen molar-refractivity contribution in [1.82, 2.24) is 4.57 Å². The Bertz CT molecular complexity index is 1030. The number of carbonyl (C=O) groups excluding carboxylic acids is 1. The van der Waals surface area contributed by atoms with E-state index in [1.165, 1.54) is 19.4 Å². The number of methoxy groups -OCH3 is 1. The van der Waals surface area contributed by atoms with Gasteiger partial charge in [-0.15, -0.1) is 0 Å². The van der Waals surface area contributed by atoms with E-state index in [0.29, 0.717) is 24.4 Å². The molecule has 7 nitrogen and oxygen atoms in total. The number of aromatic hydroxyl groups is 2. The monoisotopic (exact) mass is 397 g/mol. The molecular weight excluding hydrogens is 374 g/mol. The molecule has 2 N–H and O–H groups in total. The van der Waals surface area contributed by atoms with Crippen LogP contribution in [0, 0.1) is 6.92 Å². The Hall–Kier alpha value is -3.48. The van der Waals surface area contributed by atoms with Crippen LogP contribution in [0.25, 0.3) is 0 Å². The Kier molecular flexibility index (Phi) is 6.07. The number of hydrogen-bond donors (Lipinski definition) is 2. The van der Waals surface area contributed by atoms with Crippen LogP contribution in [0.1, 0.15) is 34.9 Å². The van der Waals surface area contributed by atoms with Gasteiger partial charge in [-0.2, -0.15) is 0 Å². The molecule has 29 heavy (non-hydrogen) atoms. The van der Waals surface area contributed by atoms with Gasteiger partial charge < -0.3 is 23.9 Å². The number of phenolic OH excluding ortho intramolecular Hbond substituents is 1. The molecule has 0 saturated carbocycles. The van der Waals surface area contributed by atoms with E-state index in [-0.39, 0.29) is 29.0 Å². The maximum atomic E-state index is 13.3. The van der Waals surface area contributed by atoms with Crippen LogP contribution in [0.4, 0.5) is 0 Å². The van der Waals surface area contributed by atoms with Gasteiger partial charge in [0.15, 0.2) is 0 Å².